The van der Waals surface area contributed by atoms with Crippen molar-refractivity contribution in [2.75, 3.05) is 13.7 Å². The third-order valence-electron chi connectivity index (χ3n) is 2.98. The number of methoxy groups -OCH3 is 1. The van der Waals surface area contributed by atoms with Gasteiger partial charge < -0.3 is 10.1 Å². The molecule has 1 N–H and O–H groups in total. The minimum atomic E-state index is 0.164. The largest absolute Gasteiger partial charge is 0.495 e. The summed E-state index contributed by atoms with van der Waals surface area (Å²) in [7, 11) is 1.64. The molecule has 1 unspecified atom stereocenters. The van der Waals surface area contributed by atoms with Crippen LogP contribution in [0.3, 0.4) is 0 Å². The lowest BCUT2D eigenvalue weighted by molar-refractivity contribution is 0.414. The van der Waals surface area contributed by atoms with Crippen LogP contribution in [0.2, 0.25) is 5.02 Å². The molecule has 0 saturated heterocycles. The van der Waals surface area contributed by atoms with Gasteiger partial charge in [-0.1, -0.05) is 24.6 Å². The fourth-order valence-electron chi connectivity index (χ4n) is 2.01. The molecule has 1 aromatic heterocycles. The predicted molar refractivity (Wildman–Crippen MR) is 90.2 cm³/mol. The summed E-state index contributed by atoms with van der Waals surface area (Å²) in [6.07, 6.45) is 1.09. The molecule has 0 amide bonds. The van der Waals surface area contributed by atoms with Crippen molar-refractivity contribution in [1.82, 2.24) is 5.32 Å². The Bertz CT molecular complexity index is 573. The van der Waals surface area contributed by atoms with Crippen LogP contribution in [0.4, 0.5) is 0 Å². The van der Waals surface area contributed by atoms with Gasteiger partial charge >= 0.3 is 0 Å². The van der Waals surface area contributed by atoms with Gasteiger partial charge in [0, 0.05) is 14.7 Å². The summed E-state index contributed by atoms with van der Waals surface area (Å²) >= 11 is 11.4. The second kappa shape index (κ2) is 7.46. The molecule has 1 atom stereocenters. The monoisotopic (exact) mass is 373 g/mol. The van der Waals surface area contributed by atoms with Gasteiger partial charge in [-0.05, 0) is 52.7 Å². The van der Waals surface area contributed by atoms with Crippen LogP contribution < -0.4 is 10.1 Å². The van der Waals surface area contributed by atoms with Crippen molar-refractivity contribution in [3.63, 3.8) is 0 Å². The zero-order valence-electron chi connectivity index (χ0n) is 11.5. The van der Waals surface area contributed by atoms with Crippen molar-refractivity contribution in [1.29, 1.82) is 0 Å². The Kier molecular flexibility index (Phi) is 5.90. The average molecular weight is 375 g/mol. The Morgan fingerprint density at radius 1 is 1.40 bits per heavy atom. The Morgan fingerprint density at radius 2 is 2.20 bits per heavy atom. The first-order valence-electron chi connectivity index (χ1n) is 6.46. The SMILES string of the molecule is CCCNC(c1ccc(Cl)c(OC)c1)c1cc(Br)cs1. The first-order valence-corrected chi connectivity index (χ1v) is 8.51. The van der Waals surface area contributed by atoms with E-state index in [1.54, 1.807) is 18.4 Å². The number of thiophene rings is 1. The molecule has 2 nitrogen and oxygen atoms in total. The van der Waals surface area contributed by atoms with E-state index in [1.807, 2.05) is 18.2 Å². The van der Waals surface area contributed by atoms with Crippen molar-refractivity contribution in [2.24, 2.45) is 0 Å². The van der Waals surface area contributed by atoms with E-state index in [0.717, 1.165) is 23.0 Å². The Balaban J connectivity index is 2.35. The fourth-order valence-corrected chi connectivity index (χ4v) is 3.75. The number of halogens is 2. The number of benzene rings is 1. The van der Waals surface area contributed by atoms with Gasteiger partial charge in [0.1, 0.15) is 5.75 Å². The highest BCUT2D eigenvalue weighted by Gasteiger charge is 2.17. The van der Waals surface area contributed by atoms with Crippen LogP contribution >= 0.6 is 38.9 Å². The van der Waals surface area contributed by atoms with Gasteiger partial charge in [0.25, 0.3) is 0 Å². The first kappa shape index (κ1) is 15.8. The molecule has 0 aliphatic heterocycles. The van der Waals surface area contributed by atoms with Crippen LogP contribution in [0, 0.1) is 0 Å². The lowest BCUT2D eigenvalue weighted by atomic mass is 10.0. The number of ether oxygens (including phenoxy) is 1. The van der Waals surface area contributed by atoms with Crippen LogP contribution in [0.5, 0.6) is 5.75 Å². The molecule has 0 aliphatic rings. The second-order valence-electron chi connectivity index (χ2n) is 4.45. The number of hydrogen-bond acceptors (Lipinski definition) is 3. The molecule has 1 aromatic carbocycles. The zero-order chi connectivity index (χ0) is 14.5. The predicted octanol–water partition coefficient (Wildman–Crippen LogP) is 5.26. The smallest absolute Gasteiger partial charge is 0.137 e. The minimum Gasteiger partial charge on any atom is -0.495 e. The molecule has 0 spiro atoms. The fraction of sp³-hybridized carbons (Fsp3) is 0.333. The summed E-state index contributed by atoms with van der Waals surface area (Å²) < 4.78 is 6.43. The number of nitrogens with one attached hydrogen (secondary N) is 1. The highest BCUT2D eigenvalue weighted by Crippen LogP contribution is 2.34. The minimum absolute atomic E-state index is 0.164. The van der Waals surface area contributed by atoms with Crippen LogP contribution in [-0.4, -0.2) is 13.7 Å². The lowest BCUT2D eigenvalue weighted by Crippen LogP contribution is -2.22. The molecule has 0 saturated carbocycles. The molecule has 2 rings (SSSR count). The summed E-state index contributed by atoms with van der Waals surface area (Å²) in [5, 5.41) is 6.31. The summed E-state index contributed by atoms with van der Waals surface area (Å²) in [5.41, 5.74) is 1.16. The molecular weight excluding hydrogens is 358 g/mol. The van der Waals surface area contributed by atoms with Crippen molar-refractivity contribution in [3.8, 4) is 5.75 Å². The highest BCUT2D eigenvalue weighted by atomic mass is 79.9. The van der Waals surface area contributed by atoms with Crippen molar-refractivity contribution < 1.29 is 4.74 Å². The highest BCUT2D eigenvalue weighted by molar-refractivity contribution is 9.10. The second-order valence-corrected chi connectivity index (χ2v) is 6.71. The van der Waals surface area contributed by atoms with E-state index in [9.17, 15) is 0 Å². The van der Waals surface area contributed by atoms with Crippen LogP contribution in [-0.2, 0) is 0 Å². The van der Waals surface area contributed by atoms with E-state index < -0.39 is 0 Å². The Labute approximate surface area is 137 Å². The summed E-state index contributed by atoms with van der Waals surface area (Å²) in [6, 6.07) is 8.25. The molecular formula is C15H17BrClNOS. The maximum Gasteiger partial charge on any atom is 0.137 e. The van der Waals surface area contributed by atoms with Gasteiger partial charge in [0.15, 0.2) is 0 Å². The maximum absolute atomic E-state index is 6.11. The van der Waals surface area contributed by atoms with Crippen LogP contribution in [0.15, 0.2) is 34.1 Å². The molecule has 20 heavy (non-hydrogen) atoms. The third-order valence-corrected chi connectivity index (χ3v) is 5.05. The van der Waals surface area contributed by atoms with Gasteiger partial charge in [-0.3, -0.25) is 0 Å². The molecule has 0 bridgehead atoms. The van der Waals surface area contributed by atoms with Crippen LogP contribution in [0.25, 0.3) is 0 Å². The summed E-state index contributed by atoms with van der Waals surface area (Å²) in [4.78, 5) is 1.27. The normalized spacial score (nSPS) is 12.4. The van der Waals surface area contributed by atoms with E-state index in [4.69, 9.17) is 16.3 Å². The number of rotatable bonds is 6. The van der Waals surface area contributed by atoms with E-state index in [-0.39, 0.29) is 6.04 Å². The van der Waals surface area contributed by atoms with Gasteiger partial charge in [0.2, 0.25) is 0 Å². The third kappa shape index (κ3) is 3.76. The topological polar surface area (TPSA) is 21.3 Å². The quantitative estimate of drug-likeness (QED) is 0.744. The Morgan fingerprint density at radius 3 is 2.80 bits per heavy atom. The van der Waals surface area contributed by atoms with E-state index in [2.05, 4.69) is 39.6 Å². The Hall–Kier alpha value is -0.550. The molecule has 1 heterocycles. The van der Waals surface area contributed by atoms with Gasteiger partial charge in [0.05, 0.1) is 18.2 Å². The standard InChI is InChI=1S/C15H17BrClNOS/c1-3-6-18-15(14-8-11(16)9-20-14)10-4-5-12(17)13(7-10)19-2/h4-5,7-9,15,18H,3,6H2,1-2H3. The first-order chi connectivity index (χ1) is 9.65. The average Bonchev–Trinajstić information content (AvgIpc) is 2.87. The molecule has 108 valence electrons. The van der Waals surface area contributed by atoms with Gasteiger partial charge in [-0.2, -0.15) is 0 Å². The molecule has 0 fully saturated rings. The van der Waals surface area contributed by atoms with E-state index in [1.165, 1.54) is 4.88 Å². The lowest BCUT2D eigenvalue weighted by Gasteiger charge is -2.18. The van der Waals surface area contributed by atoms with E-state index >= 15 is 0 Å². The maximum atomic E-state index is 6.11. The van der Waals surface area contributed by atoms with Gasteiger partial charge in [-0.15, -0.1) is 11.3 Å². The molecule has 2 aromatic rings. The van der Waals surface area contributed by atoms with Crippen LogP contribution in [0.1, 0.15) is 29.8 Å². The molecule has 5 heteroatoms. The summed E-state index contributed by atoms with van der Waals surface area (Å²) in [5.74, 6) is 0.711. The van der Waals surface area contributed by atoms with E-state index in [0.29, 0.717) is 10.8 Å². The summed E-state index contributed by atoms with van der Waals surface area (Å²) in [6.45, 7) is 3.13. The molecule has 0 radical (unpaired) electrons. The van der Waals surface area contributed by atoms with Crippen molar-refractivity contribution >= 4 is 38.9 Å². The van der Waals surface area contributed by atoms with Gasteiger partial charge in [-0.25, -0.2) is 0 Å². The van der Waals surface area contributed by atoms with Crippen molar-refractivity contribution in [3.05, 3.63) is 49.6 Å². The van der Waals surface area contributed by atoms with Crippen molar-refractivity contribution in [2.45, 2.75) is 19.4 Å². The number of hydrogen-bond donors (Lipinski definition) is 1. The zero-order valence-corrected chi connectivity index (χ0v) is 14.6. The molecule has 0 aliphatic carbocycles.